The average Bonchev–Trinajstić information content (AvgIpc) is 3.21. The van der Waals surface area contributed by atoms with Gasteiger partial charge in [-0.3, -0.25) is 9.59 Å². The molecular weight excluding hydrogens is 392 g/mol. The first kappa shape index (κ1) is 20.4. The van der Waals surface area contributed by atoms with Crippen LogP contribution in [-0.2, 0) is 4.79 Å². The molecule has 0 aliphatic heterocycles. The maximum Gasteiger partial charge on any atom is 0.277 e. The van der Waals surface area contributed by atoms with Crippen molar-refractivity contribution >= 4 is 29.3 Å². The first-order chi connectivity index (χ1) is 14.0. The molecule has 150 valence electrons. The van der Waals surface area contributed by atoms with Crippen molar-refractivity contribution in [3.63, 3.8) is 0 Å². The molecule has 2 amide bonds. The van der Waals surface area contributed by atoms with Crippen molar-refractivity contribution in [3.8, 4) is 17.2 Å². The number of anilines is 1. The second-order valence-electron chi connectivity index (χ2n) is 6.22. The molecule has 0 aliphatic carbocycles. The van der Waals surface area contributed by atoms with Gasteiger partial charge >= 0.3 is 0 Å². The Kier molecular flexibility index (Phi) is 6.50. The van der Waals surface area contributed by atoms with Crippen molar-refractivity contribution < 1.29 is 18.7 Å². The Morgan fingerprint density at radius 1 is 1.14 bits per heavy atom. The highest BCUT2D eigenvalue weighted by Crippen LogP contribution is 2.25. The summed E-state index contributed by atoms with van der Waals surface area (Å²) in [6, 6.07) is 14.0. The summed E-state index contributed by atoms with van der Waals surface area (Å²) in [7, 11) is 4.95. The summed E-state index contributed by atoms with van der Waals surface area (Å²) >= 11 is 1.13. The number of amides is 2. The van der Waals surface area contributed by atoms with Crippen molar-refractivity contribution in [2.45, 2.75) is 5.22 Å². The van der Waals surface area contributed by atoms with Gasteiger partial charge in [0.25, 0.3) is 11.1 Å². The Bertz CT molecular complexity index is 1000. The lowest BCUT2D eigenvalue weighted by molar-refractivity contribution is -0.113. The largest absolute Gasteiger partial charge is 0.497 e. The van der Waals surface area contributed by atoms with Crippen LogP contribution >= 0.6 is 11.8 Å². The Hall–Kier alpha value is -3.33. The monoisotopic (exact) mass is 412 g/mol. The number of nitrogens with zero attached hydrogens (tertiary/aromatic N) is 3. The van der Waals surface area contributed by atoms with Gasteiger partial charge in [-0.25, -0.2) is 0 Å². The highest BCUT2D eigenvalue weighted by atomic mass is 32.2. The number of thioether (sulfide) groups is 1. The first-order valence-corrected chi connectivity index (χ1v) is 9.67. The van der Waals surface area contributed by atoms with E-state index in [9.17, 15) is 9.59 Å². The number of ether oxygens (including phenoxy) is 1. The van der Waals surface area contributed by atoms with E-state index in [1.54, 1.807) is 57.6 Å². The number of carbonyl (C=O) groups is 2. The first-order valence-electron chi connectivity index (χ1n) is 8.68. The van der Waals surface area contributed by atoms with E-state index in [0.29, 0.717) is 22.4 Å². The molecule has 2 aromatic carbocycles. The number of benzene rings is 2. The lowest BCUT2D eigenvalue weighted by Gasteiger charge is -2.11. The van der Waals surface area contributed by atoms with Crippen LogP contribution < -0.4 is 10.1 Å². The van der Waals surface area contributed by atoms with Crippen LogP contribution in [0.25, 0.3) is 11.5 Å². The quantitative estimate of drug-likeness (QED) is 0.595. The third-order valence-corrected chi connectivity index (χ3v) is 4.69. The normalized spacial score (nSPS) is 10.4. The van der Waals surface area contributed by atoms with Crippen molar-refractivity contribution in [2.75, 3.05) is 32.3 Å². The molecule has 8 nitrogen and oxygen atoms in total. The smallest absolute Gasteiger partial charge is 0.277 e. The van der Waals surface area contributed by atoms with Crippen molar-refractivity contribution in [2.24, 2.45) is 0 Å². The zero-order valence-electron chi connectivity index (χ0n) is 16.2. The maximum absolute atomic E-state index is 12.2. The van der Waals surface area contributed by atoms with Gasteiger partial charge in [0.1, 0.15) is 5.75 Å². The Morgan fingerprint density at radius 3 is 2.59 bits per heavy atom. The molecule has 0 saturated heterocycles. The number of hydrogen-bond acceptors (Lipinski definition) is 7. The van der Waals surface area contributed by atoms with E-state index in [-0.39, 0.29) is 17.6 Å². The standard InChI is InChI=1S/C20H20N4O4S/c1-24(2)19(26)14-5-4-6-15(11-14)21-17(25)12-29-20-23-22-18(28-20)13-7-9-16(27-3)10-8-13/h4-11H,12H2,1-3H3,(H,21,25). The highest BCUT2D eigenvalue weighted by molar-refractivity contribution is 7.99. The summed E-state index contributed by atoms with van der Waals surface area (Å²) in [5, 5.41) is 11.0. The van der Waals surface area contributed by atoms with Crippen molar-refractivity contribution in [1.29, 1.82) is 0 Å². The van der Waals surface area contributed by atoms with Crippen LogP contribution in [0.2, 0.25) is 0 Å². The van der Waals surface area contributed by atoms with Gasteiger partial charge in [0, 0.05) is 30.9 Å². The Balaban J connectivity index is 1.57. The molecule has 0 atom stereocenters. The van der Waals surface area contributed by atoms with Gasteiger partial charge in [-0.05, 0) is 42.5 Å². The van der Waals surface area contributed by atoms with Crippen LogP contribution in [-0.4, -0.2) is 53.9 Å². The molecular formula is C20H20N4O4S. The molecule has 0 radical (unpaired) electrons. The number of nitrogens with one attached hydrogen (secondary N) is 1. The fraction of sp³-hybridized carbons (Fsp3) is 0.200. The summed E-state index contributed by atoms with van der Waals surface area (Å²) in [5.41, 5.74) is 1.81. The molecule has 1 heterocycles. The molecule has 3 aromatic rings. The number of methoxy groups -OCH3 is 1. The van der Waals surface area contributed by atoms with Gasteiger partial charge in [0.05, 0.1) is 12.9 Å². The SMILES string of the molecule is COc1ccc(-c2nnc(SCC(=O)Nc3cccc(C(=O)N(C)C)c3)o2)cc1. The molecule has 29 heavy (non-hydrogen) atoms. The number of carbonyl (C=O) groups excluding carboxylic acids is 2. The lowest BCUT2D eigenvalue weighted by atomic mass is 10.2. The van der Waals surface area contributed by atoms with E-state index in [4.69, 9.17) is 9.15 Å². The van der Waals surface area contributed by atoms with Crippen LogP contribution in [0.5, 0.6) is 5.75 Å². The number of aromatic nitrogens is 2. The van der Waals surface area contributed by atoms with Gasteiger partial charge in [-0.15, -0.1) is 10.2 Å². The van der Waals surface area contributed by atoms with Crippen LogP contribution in [0.4, 0.5) is 5.69 Å². The van der Waals surface area contributed by atoms with Gasteiger partial charge in [-0.2, -0.15) is 0 Å². The van der Waals surface area contributed by atoms with Crippen LogP contribution in [0.15, 0.2) is 58.2 Å². The van der Waals surface area contributed by atoms with Crippen LogP contribution in [0.3, 0.4) is 0 Å². The number of hydrogen-bond donors (Lipinski definition) is 1. The molecule has 1 aromatic heterocycles. The minimum absolute atomic E-state index is 0.0934. The summed E-state index contributed by atoms with van der Waals surface area (Å²) < 4.78 is 10.7. The molecule has 1 N–H and O–H groups in total. The number of rotatable bonds is 7. The zero-order chi connectivity index (χ0) is 20.8. The van der Waals surface area contributed by atoms with E-state index in [1.807, 2.05) is 12.1 Å². The Morgan fingerprint density at radius 2 is 1.90 bits per heavy atom. The molecule has 3 rings (SSSR count). The predicted molar refractivity (Wildman–Crippen MR) is 110 cm³/mol. The second-order valence-corrected chi connectivity index (χ2v) is 7.15. The molecule has 0 fully saturated rings. The predicted octanol–water partition coefficient (Wildman–Crippen LogP) is 3.18. The van der Waals surface area contributed by atoms with E-state index in [0.717, 1.165) is 23.1 Å². The van der Waals surface area contributed by atoms with Crippen LogP contribution in [0, 0.1) is 0 Å². The molecule has 0 unspecified atom stereocenters. The molecule has 0 bridgehead atoms. The van der Waals surface area contributed by atoms with E-state index in [1.165, 1.54) is 4.90 Å². The fourth-order valence-corrected chi connectivity index (χ4v) is 2.99. The van der Waals surface area contributed by atoms with Gasteiger partial charge in [0.2, 0.25) is 11.8 Å². The minimum Gasteiger partial charge on any atom is -0.497 e. The molecule has 0 saturated carbocycles. The molecule has 0 aliphatic rings. The molecule has 0 spiro atoms. The lowest BCUT2D eigenvalue weighted by Crippen LogP contribution is -2.22. The molecule has 9 heteroatoms. The summed E-state index contributed by atoms with van der Waals surface area (Å²) in [6.07, 6.45) is 0. The average molecular weight is 412 g/mol. The van der Waals surface area contributed by atoms with Crippen LogP contribution in [0.1, 0.15) is 10.4 Å². The summed E-state index contributed by atoms with van der Waals surface area (Å²) in [5.74, 6) is 0.818. The summed E-state index contributed by atoms with van der Waals surface area (Å²) in [4.78, 5) is 25.7. The summed E-state index contributed by atoms with van der Waals surface area (Å²) in [6.45, 7) is 0. The topological polar surface area (TPSA) is 97.6 Å². The third-order valence-electron chi connectivity index (χ3n) is 3.87. The second kappa shape index (κ2) is 9.24. The minimum atomic E-state index is -0.242. The zero-order valence-corrected chi connectivity index (χ0v) is 17.0. The Labute approximate surface area is 172 Å². The third kappa shape index (κ3) is 5.35. The van der Waals surface area contributed by atoms with E-state index >= 15 is 0 Å². The van der Waals surface area contributed by atoms with Crippen molar-refractivity contribution in [3.05, 3.63) is 54.1 Å². The maximum atomic E-state index is 12.2. The van der Waals surface area contributed by atoms with E-state index in [2.05, 4.69) is 15.5 Å². The van der Waals surface area contributed by atoms with Crippen molar-refractivity contribution in [1.82, 2.24) is 15.1 Å². The van der Waals surface area contributed by atoms with Gasteiger partial charge in [0.15, 0.2) is 0 Å². The highest BCUT2D eigenvalue weighted by Gasteiger charge is 2.13. The fourth-order valence-electron chi connectivity index (χ4n) is 2.43. The van der Waals surface area contributed by atoms with E-state index < -0.39 is 0 Å². The van der Waals surface area contributed by atoms with Gasteiger partial charge < -0.3 is 19.4 Å². The van der Waals surface area contributed by atoms with Gasteiger partial charge in [-0.1, -0.05) is 17.8 Å².